The van der Waals surface area contributed by atoms with Crippen LogP contribution in [0.25, 0.3) is 0 Å². The number of nitrogens with one attached hydrogen (secondary N) is 1. The molecule has 4 heteroatoms. The van der Waals surface area contributed by atoms with Gasteiger partial charge >= 0.3 is 0 Å². The smallest absolute Gasteiger partial charge is 0.0946 e. The molecule has 98 valence electrons. The fourth-order valence-electron chi connectivity index (χ4n) is 1.96. The maximum Gasteiger partial charge on any atom is 0.0946 e. The second-order valence-electron chi connectivity index (χ2n) is 5.15. The minimum absolute atomic E-state index is 0.686. The summed E-state index contributed by atoms with van der Waals surface area (Å²) in [7, 11) is 2.03. The van der Waals surface area contributed by atoms with Gasteiger partial charge in [-0.15, -0.1) is 0 Å². The third kappa shape index (κ3) is 3.23. The lowest BCUT2D eigenvalue weighted by Crippen LogP contribution is -2.21. The van der Waals surface area contributed by atoms with E-state index in [4.69, 9.17) is 0 Å². The number of aromatic nitrogens is 3. The Labute approximate surface area is 109 Å². The molecule has 1 N–H and O–H groups in total. The molecule has 0 amide bonds. The van der Waals surface area contributed by atoms with Crippen LogP contribution in [0.3, 0.4) is 0 Å². The van der Waals surface area contributed by atoms with Crippen LogP contribution in [0.4, 0.5) is 0 Å². The van der Waals surface area contributed by atoms with Gasteiger partial charge in [-0.05, 0) is 24.6 Å². The van der Waals surface area contributed by atoms with Crippen LogP contribution in [0.5, 0.6) is 0 Å². The number of rotatable bonds is 6. The number of hydrogen-bond donors (Lipinski definition) is 1. The van der Waals surface area contributed by atoms with Crippen molar-refractivity contribution in [3.05, 3.63) is 42.2 Å². The van der Waals surface area contributed by atoms with Gasteiger partial charge in [0.2, 0.25) is 0 Å². The zero-order valence-electron chi connectivity index (χ0n) is 11.4. The van der Waals surface area contributed by atoms with Gasteiger partial charge in [-0.2, -0.15) is 0 Å². The van der Waals surface area contributed by atoms with Gasteiger partial charge in [-0.1, -0.05) is 13.8 Å². The number of aryl methyl sites for hydroxylation is 1. The number of nitrogens with zero attached hydrogens (tertiary/aromatic N) is 3. The van der Waals surface area contributed by atoms with Crippen LogP contribution >= 0.6 is 0 Å². The van der Waals surface area contributed by atoms with E-state index in [0.29, 0.717) is 5.92 Å². The fourth-order valence-corrected chi connectivity index (χ4v) is 1.96. The summed E-state index contributed by atoms with van der Waals surface area (Å²) in [6, 6.07) is 4.27. The minimum atomic E-state index is 0.686. The van der Waals surface area contributed by atoms with Gasteiger partial charge in [0, 0.05) is 31.7 Å². The SMILES string of the molecule is CC(C)CNCc1cccn1Cc1cncn1C. The molecule has 0 unspecified atom stereocenters. The first-order valence-corrected chi connectivity index (χ1v) is 6.46. The quantitative estimate of drug-likeness (QED) is 0.846. The lowest BCUT2D eigenvalue weighted by Gasteiger charge is -2.11. The van der Waals surface area contributed by atoms with Crippen molar-refractivity contribution in [3.8, 4) is 0 Å². The molecule has 0 aliphatic rings. The highest BCUT2D eigenvalue weighted by atomic mass is 15.1. The van der Waals surface area contributed by atoms with Crippen molar-refractivity contribution in [3.63, 3.8) is 0 Å². The van der Waals surface area contributed by atoms with Gasteiger partial charge in [-0.3, -0.25) is 0 Å². The molecule has 0 saturated carbocycles. The zero-order chi connectivity index (χ0) is 13.0. The normalized spacial score (nSPS) is 11.3. The molecule has 0 saturated heterocycles. The van der Waals surface area contributed by atoms with Crippen molar-refractivity contribution in [1.82, 2.24) is 19.4 Å². The largest absolute Gasteiger partial charge is 0.344 e. The summed E-state index contributed by atoms with van der Waals surface area (Å²) in [5, 5.41) is 3.48. The molecule has 0 fully saturated rings. The summed E-state index contributed by atoms with van der Waals surface area (Å²) in [6.07, 6.45) is 5.89. The summed E-state index contributed by atoms with van der Waals surface area (Å²) >= 11 is 0. The Bertz CT molecular complexity index is 481. The van der Waals surface area contributed by atoms with Crippen molar-refractivity contribution >= 4 is 0 Å². The fraction of sp³-hybridized carbons (Fsp3) is 0.500. The van der Waals surface area contributed by atoms with Gasteiger partial charge in [0.1, 0.15) is 0 Å². The van der Waals surface area contributed by atoms with Crippen LogP contribution in [-0.4, -0.2) is 20.7 Å². The van der Waals surface area contributed by atoms with Crippen LogP contribution in [0.2, 0.25) is 0 Å². The van der Waals surface area contributed by atoms with E-state index >= 15 is 0 Å². The van der Waals surface area contributed by atoms with Gasteiger partial charge in [0.25, 0.3) is 0 Å². The molecular weight excluding hydrogens is 224 g/mol. The van der Waals surface area contributed by atoms with Crippen LogP contribution in [0, 0.1) is 5.92 Å². The zero-order valence-corrected chi connectivity index (χ0v) is 11.4. The molecule has 0 radical (unpaired) electrons. The van der Waals surface area contributed by atoms with Gasteiger partial charge < -0.3 is 14.5 Å². The Morgan fingerprint density at radius 2 is 2.17 bits per heavy atom. The van der Waals surface area contributed by atoms with Crippen molar-refractivity contribution < 1.29 is 0 Å². The molecule has 0 aliphatic carbocycles. The molecule has 0 aliphatic heterocycles. The monoisotopic (exact) mass is 246 g/mol. The third-order valence-electron chi connectivity index (χ3n) is 3.03. The Morgan fingerprint density at radius 3 is 2.83 bits per heavy atom. The van der Waals surface area contributed by atoms with Crippen molar-refractivity contribution in [2.75, 3.05) is 6.54 Å². The Kier molecular flexibility index (Phi) is 4.20. The average molecular weight is 246 g/mol. The van der Waals surface area contributed by atoms with E-state index in [9.17, 15) is 0 Å². The molecule has 2 aromatic rings. The Hall–Kier alpha value is -1.55. The van der Waals surface area contributed by atoms with Crippen molar-refractivity contribution in [1.29, 1.82) is 0 Å². The predicted octanol–water partition coefficient (Wildman–Crippen LogP) is 2.02. The molecule has 0 aromatic carbocycles. The maximum atomic E-state index is 4.15. The highest BCUT2D eigenvalue weighted by Crippen LogP contribution is 2.07. The summed E-state index contributed by atoms with van der Waals surface area (Å²) in [6.45, 7) is 7.30. The van der Waals surface area contributed by atoms with Gasteiger partial charge in [0.05, 0.1) is 18.6 Å². The predicted molar refractivity (Wildman–Crippen MR) is 73.3 cm³/mol. The van der Waals surface area contributed by atoms with E-state index in [1.165, 1.54) is 11.4 Å². The second-order valence-corrected chi connectivity index (χ2v) is 5.15. The van der Waals surface area contributed by atoms with Crippen LogP contribution in [0.15, 0.2) is 30.9 Å². The minimum Gasteiger partial charge on any atom is -0.344 e. The average Bonchev–Trinajstić information content (AvgIpc) is 2.90. The van der Waals surface area contributed by atoms with Crippen LogP contribution < -0.4 is 5.32 Å². The molecule has 18 heavy (non-hydrogen) atoms. The number of imidazole rings is 1. The molecule has 2 rings (SSSR count). The maximum absolute atomic E-state index is 4.15. The van der Waals surface area contributed by atoms with E-state index < -0.39 is 0 Å². The Morgan fingerprint density at radius 1 is 1.33 bits per heavy atom. The van der Waals surface area contributed by atoms with Gasteiger partial charge in [0.15, 0.2) is 0 Å². The van der Waals surface area contributed by atoms with Crippen LogP contribution in [0.1, 0.15) is 25.2 Å². The van der Waals surface area contributed by atoms with Gasteiger partial charge in [-0.25, -0.2) is 4.98 Å². The highest BCUT2D eigenvalue weighted by molar-refractivity contribution is 5.10. The summed E-state index contributed by atoms with van der Waals surface area (Å²) in [5.41, 5.74) is 2.54. The summed E-state index contributed by atoms with van der Waals surface area (Å²) in [4.78, 5) is 4.15. The van der Waals surface area contributed by atoms with E-state index in [1.807, 2.05) is 19.6 Å². The first-order chi connectivity index (χ1) is 8.66. The summed E-state index contributed by atoms with van der Waals surface area (Å²) < 4.78 is 4.33. The van der Waals surface area contributed by atoms with Crippen molar-refractivity contribution in [2.45, 2.75) is 26.9 Å². The molecule has 4 nitrogen and oxygen atoms in total. The molecule has 2 aromatic heterocycles. The molecule has 0 spiro atoms. The van der Waals surface area contributed by atoms with E-state index in [0.717, 1.165) is 19.6 Å². The lowest BCUT2D eigenvalue weighted by molar-refractivity contribution is 0.537. The molecule has 0 bridgehead atoms. The first kappa shape index (κ1) is 12.9. The third-order valence-corrected chi connectivity index (χ3v) is 3.03. The van der Waals surface area contributed by atoms with Crippen LogP contribution in [-0.2, 0) is 20.1 Å². The Balaban J connectivity index is 1.97. The summed E-state index contributed by atoms with van der Waals surface area (Å²) in [5.74, 6) is 0.686. The topological polar surface area (TPSA) is 34.8 Å². The van der Waals surface area contributed by atoms with Crippen molar-refractivity contribution in [2.24, 2.45) is 13.0 Å². The lowest BCUT2D eigenvalue weighted by atomic mass is 10.2. The van der Waals surface area contributed by atoms with E-state index in [1.54, 1.807) is 0 Å². The first-order valence-electron chi connectivity index (χ1n) is 6.46. The van der Waals surface area contributed by atoms with E-state index in [-0.39, 0.29) is 0 Å². The molecular formula is C14H22N4. The molecule has 2 heterocycles. The van der Waals surface area contributed by atoms with E-state index in [2.05, 4.69) is 51.6 Å². The highest BCUT2D eigenvalue weighted by Gasteiger charge is 2.04. The second kappa shape index (κ2) is 5.87. The standard InChI is InChI=1S/C14H22N4/c1-12(2)7-15-8-13-5-4-6-18(13)10-14-9-16-11-17(14)3/h4-6,9,11-12,15H,7-8,10H2,1-3H3. The molecule has 0 atom stereocenters. The number of hydrogen-bond acceptors (Lipinski definition) is 2.